The predicted molar refractivity (Wildman–Crippen MR) is 74.9 cm³/mol. The van der Waals surface area contributed by atoms with Gasteiger partial charge in [-0.2, -0.15) is 8.42 Å². The topological polar surface area (TPSA) is 52.6 Å². The van der Waals surface area contributed by atoms with E-state index in [-0.39, 0.29) is 13.2 Å². The van der Waals surface area contributed by atoms with Crippen molar-refractivity contribution < 1.29 is 17.3 Å². The van der Waals surface area contributed by atoms with Crippen LogP contribution < -0.4 is 4.18 Å². The SMILES string of the molecule is O=S(=O)(Oc1ccccc1)C1(c2ccccc2)COC1. The number of hydrogen-bond acceptors (Lipinski definition) is 4. The first-order chi connectivity index (χ1) is 9.64. The van der Waals surface area contributed by atoms with Crippen LogP contribution in [0.5, 0.6) is 5.75 Å². The van der Waals surface area contributed by atoms with Crippen LogP contribution in [0.3, 0.4) is 0 Å². The summed E-state index contributed by atoms with van der Waals surface area (Å²) in [5.41, 5.74) is 0.696. The van der Waals surface area contributed by atoms with Gasteiger partial charge in [0.2, 0.25) is 0 Å². The minimum absolute atomic E-state index is 0.117. The van der Waals surface area contributed by atoms with Crippen molar-refractivity contribution in [3.63, 3.8) is 0 Å². The van der Waals surface area contributed by atoms with Gasteiger partial charge in [0.15, 0.2) is 4.75 Å². The van der Waals surface area contributed by atoms with E-state index in [1.54, 1.807) is 42.5 Å². The summed E-state index contributed by atoms with van der Waals surface area (Å²) in [6.07, 6.45) is 0. The molecule has 0 bridgehead atoms. The lowest BCUT2D eigenvalue weighted by Gasteiger charge is -2.39. The lowest BCUT2D eigenvalue weighted by Crippen LogP contribution is -2.54. The highest BCUT2D eigenvalue weighted by molar-refractivity contribution is 7.88. The number of rotatable bonds is 4. The van der Waals surface area contributed by atoms with Gasteiger partial charge in [0, 0.05) is 0 Å². The Morgan fingerprint density at radius 2 is 1.45 bits per heavy atom. The molecule has 1 saturated heterocycles. The van der Waals surface area contributed by atoms with E-state index in [1.165, 1.54) is 0 Å². The van der Waals surface area contributed by atoms with Crippen LogP contribution in [0.15, 0.2) is 60.7 Å². The Kier molecular flexibility index (Phi) is 3.23. The van der Waals surface area contributed by atoms with Gasteiger partial charge >= 0.3 is 10.1 Å². The highest BCUT2D eigenvalue weighted by atomic mass is 32.2. The molecule has 1 aliphatic rings. The quantitative estimate of drug-likeness (QED) is 0.811. The van der Waals surface area contributed by atoms with Crippen molar-refractivity contribution in [3.05, 3.63) is 66.2 Å². The molecular weight excluding hydrogens is 276 g/mol. The maximum atomic E-state index is 12.6. The highest BCUT2D eigenvalue weighted by Crippen LogP contribution is 2.39. The minimum atomic E-state index is -3.82. The third kappa shape index (κ3) is 2.09. The monoisotopic (exact) mass is 290 g/mol. The molecule has 0 amide bonds. The zero-order valence-electron chi connectivity index (χ0n) is 10.7. The third-order valence-corrected chi connectivity index (χ3v) is 5.24. The molecule has 104 valence electrons. The first kappa shape index (κ1) is 13.1. The third-order valence-electron chi connectivity index (χ3n) is 3.40. The normalized spacial score (nSPS) is 17.2. The Morgan fingerprint density at radius 3 is 1.95 bits per heavy atom. The largest absolute Gasteiger partial charge is 0.382 e. The second kappa shape index (κ2) is 4.92. The van der Waals surface area contributed by atoms with Gasteiger partial charge in [-0.05, 0) is 17.7 Å². The molecule has 1 heterocycles. The van der Waals surface area contributed by atoms with Crippen LogP contribution in [0.25, 0.3) is 0 Å². The average Bonchev–Trinajstić information content (AvgIpc) is 2.39. The first-order valence-electron chi connectivity index (χ1n) is 6.26. The molecular formula is C15H14O4S. The number of benzene rings is 2. The minimum Gasteiger partial charge on any atom is -0.382 e. The fraction of sp³-hybridized carbons (Fsp3) is 0.200. The van der Waals surface area contributed by atoms with Crippen molar-refractivity contribution in [2.45, 2.75) is 4.75 Å². The summed E-state index contributed by atoms with van der Waals surface area (Å²) in [4.78, 5) is 0. The van der Waals surface area contributed by atoms with Gasteiger partial charge in [-0.3, -0.25) is 0 Å². The molecule has 1 fully saturated rings. The Bertz CT molecular complexity index is 676. The zero-order valence-corrected chi connectivity index (χ0v) is 11.5. The van der Waals surface area contributed by atoms with E-state index >= 15 is 0 Å². The maximum absolute atomic E-state index is 12.6. The van der Waals surface area contributed by atoms with Gasteiger partial charge in [0.05, 0.1) is 13.2 Å². The van der Waals surface area contributed by atoms with Gasteiger partial charge < -0.3 is 8.92 Å². The van der Waals surface area contributed by atoms with E-state index < -0.39 is 14.9 Å². The highest BCUT2D eigenvalue weighted by Gasteiger charge is 2.54. The number of ether oxygens (including phenoxy) is 1. The Labute approximate surface area is 118 Å². The first-order valence-corrected chi connectivity index (χ1v) is 7.67. The molecule has 4 nitrogen and oxygen atoms in total. The van der Waals surface area contributed by atoms with E-state index in [0.29, 0.717) is 11.3 Å². The summed E-state index contributed by atoms with van der Waals surface area (Å²) in [5, 5.41) is 0. The van der Waals surface area contributed by atoms with Gasteiger partial charge in [-0.1, -0.05) is 48.5 Å². The van der Waals surface area contributed by atoms with Crippen molar-refractivity contribution in [3.8, 4) is 5.75 Å². The molecule has 0 aromatic heterocycles. The second-order valence-corrected chi connectivity index (χ2v) is 6.56. The van der Waals surface area contributed by atoms with Crippen LogP contribution in [0.4, 0.5) is 0 Å². The standard InChI is InChI=1S/C15H14O4S/c16-20(17,19-14-9-5-2-6-10-14)15(11-18-12-15)13-7-3-1-4-8-13/h1-10H,11-12H2. The molecule has 2 aromatic rings. The van der Waals surface area contributed by atoms with Crippen LogP contribution in [0, 0.1) is 0 Å². The van der Waals surface area contributed by atoms with Gasteiger partial charge in [-0.15, -0.1) is 0 Å². The smallest absolute Gasteiger partial charge is 0.323 e. The van der Waals surface area contributed by atoms with Crippen molar-refractivity contribution in [2.24, 2.45) is 0 Å². The summed E-state index contributed by atoms with van der Waals surface area (Å²) in [6.45, 7) is 0.234. The van der Waals surface area contributed by atoms with Crippen molar-refractivity contribution in [2.75, 3.05) is 13.2 Å². The van der Waals surface area contributed by atoms with E-state index in [9.17, 15) is 8.42 Å². The molecule has 0 unspecified atom stereocenters. The second-order valence-electron chi connectivity index (χ2n) is 4.70. The number of hydrogen-bond donors (Lipinski definition) is 0. The van der Waals surface area contributed by atoms with E-state index in [4.69, 9.17) is 8.92 Å². The van der Waals surface area contributed by atoms with E-state index in [2.05, 4.69) is 0 Å². The number of para-hydroxylation sites is 1. The fourth-order valence-electron chi connectivity index (χ4n) is 2.17. The molecule has 0 aliphatic carbocycles. The van der Waals surface area contributed by atoms with Crippen molar-refractivity contribution in [1.29, 1.82) is 0 Å². The Morgan fingerprint density at radius 1 is 0.900 bits per heavy atom. The molecule has 1 aliphatic heterocycles. The summed E-state index contributed by atoms with van der Waals surface area (Å²) in [6, 6.07) is 17.6. The molecule has 0 radical (unpaired) electrons. The molecule has 3 rings (SSSR count). The summed E-state index contributed by atoms with van der Waals surface area (Å²) < 4.78 is 34.5. The van der Waals surface area contributed by atoms with Crippen LogP contribution in [0.1, 0.15) is 5.56 Å². The van der Waals surface area contributed by atoms with Crippen LogP contribution >= 0.6 is 0 Å². The molecule has 0 N–H and O–H groups in total. The molecule has 5 heteroatoms. The fourth-order valence-corrected chi connectivity index (χ4v) is 3.57. The molecule has 2 aromatic carbocycles. The summed E-state index contributed by atoms with van der Waals surface area (Å²) in [7, 11) is -3.82. The zero-order chi connectivity index (χ0) is 14.1. The predicted octanol–water partition coefficient (Wildman–Crippen LogP) is 2.32. The Balaban J connectivity index is 1.97. The molecule has 0 spiro atoms. The molecule has 0 saturated carbocycles. The van der Waals surface area contributed by atoms with Gasteiger partial charge in [0.25, 0.3) is 0 Å². The maximum Gasteiger partial charge on any atom is 0.323 e. The lowest BCUT2D eigenvalue weighted by atomic mass is 9.97. The Hall–Kier alpha value is -1.85. The van der Waals surface area contributed by atoms with Gasteiger partial charge in [0.1, 0.15) is 5.75 Å². The molecule has 20 heavy (non-hydrogen) atoms. The average molecular weight is 290 g/mol. The van der Waals surface area contributed by atoms with Gasteiger partial charge in [-0.25, -0.2) is 0 Å². The molecule has 0 atom stereocenters. The lowest BCUT2D eigenvalue weighted by molar-refractivity contribution is -0.0192. The van der Waals surface area contributed by atoms with Crippen molar-refractivity contribution >= 4 is 10.1 Å². The van der Waals surface area contributed by atoms with Crippen LogP contribution in [-0.4, -0.2) is 21.6 Å². The van der Waals surface area contributed by atoms with E-state index in [0.717, 1.165) is 0 Å². The van der Waals surface area contributed by atoms with Crippen LogP contribution in [0.2, 0.25) is 0 Å². The summed E-state index contributed by atoms with van der Waals surface area (Å²) in [5.74, 6) is 0.315. The van der Waals surface area contributed by atoms with Crippen molar-refractivity contribution in [1.82, 2.24) is 0 Å². The van der Waals surface area contributed by atoms with E-state index in [1.807, 2.05) is 18.2 Å². The van der Waals surface area contributed by atoms with Crippen LogP contribution in [-0.2, 0) is 19.6 Å². The summed E-state index contributed by atoms with van der Waals surface area (Å²) >= 11 is 0.